The van der Waals surface area contributed by atoms with Gasteiger partial charge in [0.15, 0.2) is 0 Å². The Kier molecular flexibility index (Phi) is 4.77. The Bertz CT molecular complexity index is 929. The molecule has 0 saturated heterocycles. The third-order valence-electron chi connectivity index (χ3n) is 5.64. The van der Waals surface area contributed by atoms with Gasteiger partial charge in [-0.2, -0.15) is 0 Å². The number of hydrogen-bond donors (Lipinski definition) is 0. The van der Waals surface area contributed by atoms with Gasteiger partial charge in [0, 0.05) is 48.8 Å². The van der Waals surface area contributed by atoms with Crippen molar-refractivity contribution in [1.29, 1.82) is 0 Å². The molecule has 2 aromatic heterocycles. The van der Waals surface area contributed by atoms with E-state index in [-0.39, 0.29) is 5.82 Å². The van der Waals surface area contributed by atoms with Gasteiger partial charge in [0.1, 0.15) is 5.82 Å². The highest BCUT2D eigenvalue weighted by Crippen LogP contribution is 2.32. The molecule has 0 unspecified atom stereocenters. The summed E-state index contributed by atoms with van der Waals surface area (Å²) in [5, 5.41) is 1.40. The molecule has 0 amide bonds. The van der Waals surface area contributed by atoms with Crippen LogP contribution >= 0.6 is 0 Å². The molecule has 0 saturated carbocycles. The fourth-order valence-corrected chi connectivity index (χ4v) is 4.13. The van der Waals surface area contributed by atoms with Gasteiger partial charge in [0.2, 0.25) is 0 Å². The number of rotatable bonds is 5. The van der Waals surface area contributed by atoms with E-state index >= 15 is 0 Å². The molecule has 1 aliphatic heterocycles. The molecule has 3 heterocycles. The van der Waals surface area contributed by atoms with E-state index in [1.54, 1.807) is 12.3 Å². The number of fused-ring (bicyclic) bond motifs is 3. The van der Waals surface area contributed by atoms with E-state index in [4.69, 9.17) is 0 Å². The molecule has 4 rings (SSSR count). The predicted molar refractivity (Wildman–Crippen MR) is 104 cm³/mol. The molecule has 3 aromatic rings. The SMILES string of the molecule is CCc1ccc2c(c1)c1c(n2CCc2cncc(F)c2)CCN(CC)C1. The van der Waals surface area contributed by atoms with Crippen molar-refractivity contribution in [1.82, 2.24) is 14.5 Å². The lowest BCUT2D eigenvalue weighted by Crippen LogP contribution is -2.30. The first kappa shape index (κ1) is 17.2. The van der Waals surface area contributed by atoms with Gasteiger partial charge in [-0.15, -0.1) is 0 Å². The maximum atomic E-state index is 13.4. The van der Waals surface area contributed by atoms with Crippen molar-refractivity contribution in [3.8, 4) is 0 Å². The summed E-state index contributed by atoms with van der Waals surface area (Å²) < 4.78 is 15.9. The summed E-state index contributed by atoms with van der Waals surface area (Å²) >= 11 is 0. The van der Waals surface area contributed by atoms with Crippen LogP contribution in [0.1, 0.15) is 36.2 Å². The highest BCUT2D eigenvalue weighted by atomic mass is 19.1. The van der Waals surface area contributed by atoms with Crippen LogP contribution in [0.3, 0.4) is 0 Å². The highest BCUT2D eigenvalue weighted by molar-refractivity contribution is 5.86. The largest absolute Gasteiger partial charge is 0.344 e. The van der Waals surface area contributed by atoms with E-state index in [9.17, 15) is 4.39 Å². The summed E-state index contributed by atoms with van der Waals surface area (Å²) in [4.78, 5) is 6.50. The van der Waals surface area contributed by atoms with Crippen molar-refractivity contribution in [3.05, 3.63) is 64.9 Å². The van der Waals surface area contributed by atoms with Gasteiger partial charge in [0.25, 0.3) is 0 Å². The van der Waals surface area contributed by atoms with Crippen LogP contribution in [0.25, 0.3) is 10.9 Å². The number of nitrogens with zero attached hydrogens (tertiary/aromatic N) is 3. The van der Waals surface area contributed by atoms with Crippen molar-refractivity contribution in [2.45, 2.75) is 46.2 Å². The molecule has 0 radical (unpaired) electrons. The van der Waals surface area contributed by atoms with E-state index in [1.165, 1.54) is 33.9 Å². The Morgan fingerprint density at radius 3 is 2.77 bits per heavy atom. The predicted octanol–water partition coefficient (Wildman–Crippen LogP) is 4.36. The second-order valence-corrected chi connectivity index (χ2v) is 7.16. The lowest BCUT2D eigenvalue weighted by Gasteiger charge is -2.27. The van der Waals surface area contributed by atoms with Crippen molar-refractivity contribution >= 4 is 10.9 Å². The molecule has 26 heavy (non-hydrogen) atoms. The lowest BCUT2D eigenvalue weighted by atomic mass is 10.0. The minimum atomic E-state index is -0.256. The molecule has 136 valence electrons. The number of aromatic nitrogens is 2. The summed E-state index contributed by atoms with van der Waals surface area (Å²) in [5.41, 5.74) is 6.61. The Labute approximate surface area is 154 Å². The Hall–Kier alpha value is -2.20. The minimum Gasteiger partial charge on any atom is -0.344 e. The third-order valence-corrected chi connectivity index (χ3v) is 5.64. The number of likely N-dealkylation sites (N-methyl/N-ethyl adjacent to an activating group) is 1. The Balaban J connectivity index is 1.74. The monoisotopic (exact) mass is 351 g/mol. The zero-order valence-electron chi connectivity index (χ0n) is 15.6. The van der Waals surface area contributed by atoms with Crippen LogP contribution in [0.15, 0.2) is 36.7 Å². The molecule has 4 heteroatoms. The van der Waals surface area contributed by atoms with E-state index < -0.39 is 0 Å². The maximum absolute atomic E-state index is 13.4. The molecule has 1 aromatic carbocycles. The van der Waals surface area contributed by atoms with Crippen molar-refractivity contribution < 1.29 is 4.39 Å². The average Bonchev–Trinajstić information content (AvgIpc) is 2.98. The molecular weight excluding hydrogens is 325 g/mol. The molecule has 0 atom stereocenters. The van der Waals surface area contributed by atoms with Gasteiger partial charge in [-0.05, 0) is 54.3 Å². The van der Waals surface area contributed by atoms with Crippen LogP contribution in [-0.4, -0.2) is 27.5 Å². The second kappa shape index (κ2) is 7.20. The molecule has 0 fully saturated rings. The fourth-order valence-electron chi connectivity index (χ4n) is 4.13. The third kappa shape index (κ3) is 3.14. The first-order valence-electron chi connectivity index (χ1n) is 9.64. The smallest absolute Gasteiger partial charge is 0.141 e. The quantitative estimate of drug-likeness (QED) is 0.681. The molecule has 1 aliphatic rings. The zero-order valence-corrected chi connectivity index (χ0v) is 15.6. The summed E-state index contributed by atoms with van der Waals surface area (Å²) in [5.74, 6) is -0.256. The van der Waals surface area contributed by atoms with E-state index in [1.807, 2.05) is 0 Å². The van der Waals surface area contributed by atoms with Crippen LogP contribution in [-0.2, 0) is 32.4 Å². The number of hydrogen-bond acceptors (Lipinski definition) is 2. The van der Waals surface area contributed by atoms with Crippen LogP contribution in [0.5, 0.6) is 0 Å². The first-order valence-corrected chi connectivity index (χ1v) is 9.64. The average molecular weight is 351 g/mol. The normalized spacial score (nSPS) is 14.7. The Morgan fingerprint density at radius 2 is 2.00 bits per heavy atom. The summed E-state index contributed by atoms with van der Waals surface area (Å²) in [7, 11) is 0. The topological polar surface area (TPSA) is 21.1 Å². The van der Waals surface area contributed by atoms with Crippen LogP contribution < -0.4 is 0 Å². The summed E-state index contributed by atoms with van der Waals surface area (Å²) in [6, 6.07) is 8.48. The first-order chi connectivity index (χ1) is 12.7. The number of halogens is 1. The van der Waals surface area contributed by atoms with E-state index in [0.717, 1.165) is 51.0 Å². The van der Waals surface area contributed by atoms with Gasteiger partial charge in [-0.25, -0.2) is 4.39 Å². The maximum Gasteiger partial charge on any atom is 0.141 e. The van der Waals surface area contributed by atoms with Crippen LogP contribution in [0.2, 0.25) is 0 Å². The van der Waals surface area contributed by atoms with Gasteiger partial charge in [-0.3, -0.25) is 9.88 Å². The lowest BCUT2D eigenvalue weighted by molar-refractivity contribution is 0.265. The molecule has 3 nitrogen and oxygen atoms in total. The van der Waals surface area contributed by atoms with Crippen molar-refractivity contribution in [2.24, 2.45) is 0 Å². The van der Waals surface area contributed by atoms with E-state index in [0.29, 0.717) is 0 Å². The zero-order chi connectivity index (χ0) is 18.1. The second-order valence-electron chi connectivity index (χ2n) is 7.16. The van der Waals surface area contributed by atoms with E-state index in [2.05, 4.69) is 46.5 Å². The summed E-state index contributed by atoms with van der Waals surface area (Å²) in [6.07, 6.45) is 5.98. The van der Waals surface area contributed by atoms with Crippen LogP contribution in [0.4, 0.5) is 4.39 Å². The Morgan fingerprint density at radius 1 is 1.12 bits per heavy atom. The van der Waals surface area contributed by atoms with Gasteiger partial charge < -0.3 is 4.57 Å². The van der Waals surface area contributed by atoms with Gasteiger partial charge in [-0.1, -0.05) is 19.9 Å². The number of pyridine rings is 1. The molecule has 0 N–H and O–H groups in total. The molecule has 0 spiro atoms. The van der Waals surface area contributed by atoms with Crippen molar-refractivity contribution in [3.63, 3.8) is 0 Å². The molecule has 0 bridgehead atoms. The van der Waals surface area contributed by atoms with Crippen molar-refractivity contribution in [2.75, 3.05) is 13.1 Å². The molecular formula is C22H26FN3. The summed E-state index contributed by atoms with van der Waals surface area (Å²) in [6.45, 7) is 8.55. The number of benzene rings is 1. The molecule has 0 aliphatic carbocycles. The number of aryl methyl sites for hydroxylation is 3. The van der Waals surface area contributed by atoms with Gasteiger partial charge >= 0.3 is 0 Å². The van der Waals surface area contributed by atoms with Crippen LogP contribution in [0, 0.1) is 5.82 Å². The highest BCUT2D eigenvalue weighted by Gasteiger charge is 2.23. The standard InChI is InChI=1S/C22H26FN3/c1-3-16-5-6-21-19(12-16)20-15-25(4-2)9-8-22(20)26(21)10-7-17-11-18(23)14-24-13-17/h5-6,11-14H,3-4,7-10,15H2,1-2H3. The minimum absolute atomic E-state index is 0.256. The van der Waals surface area contributed by atoms with Gasteiger partial charge in [0.05, 0.1) is 6.20 Å². The fraction of sp³-hybridized carbons (Fsp3) is 0.409.